The van der Waals surface area contributed by atoms with Gasteiger partial charge < -0.3 is 9.47 Å². The van der Waals surface area contributed by atoms with E-state index in [0.717, 1.165) is 48.8 Å². The monoisotopic (exact) mass is 329 g/mol. The van der Waals surface area contributed by atoms with E-state index in [1.54, 1.807) is 7.11 Å². The fraction of sp³-hybridized carbons (Fsp3) is 0.526. The second-order valence-electron chi connectivity index (χ2n) is 6.59. The Balaban J connectivity index is 1.94. The number of rotatable bonds is 6. The summed E-state index contributed by atoms with van der Waals surface area (Å²) < 4.78 is 11.3. The second-order valence-corrected chi connectivity index (χ2v) is 6.59. The van der Waals surface area contributed by atoms with Gasteiger partial charge in [0, 0.05) is 36.3 Å². The molecular weight excluding hydrogens is 302 g/mol. The predicted molar refractivity (Wildman–Crippen MR) is 95.6 cm³/mol. The van der Waals surface area contributed by atoms with Gasteiger partial charge in [-0.3, -0.25) is 10.00 Å². The first-order chi connectivity index (χ1) is 11.6. The fourth-order valence-corrected chi connectivity index (χ4v) is 3.27. The minimum atomic E-state index is 0.0993. The normalized spacial score (nSPS) is 14.7. The van der Waals surface area contributed by atoms with Gasteiger partial charge in [0.2, 0.25) is 0 Å². The van der Waals surface area contributed by atoms with Crippen molar-refractivity contribution in [2.45, 2.75) is 46.3 Å². The van der Waals surface area contributed by atoms with Crippen molar-refractivity contribution in [2.24, 2.45) is 0 Å². The molecule has 0 saturated heterocycles. The molecule has 0 unspecified atom stereocenters. The summed E-state index contributed by atoms with van der Waals surface area (Å²) in [7, 11) is 1.67. The summed E-state index contributed by atoms with van der Waals surface area (Å²) in [5, 5.41) is 7.82. The molecule has 1 aliphatic rings. The molecule has 0 spiro atoms. The Hall–Kier alpha value is -2.01. The molecule has 0 atom stereocenters. The minimum Gasteiger partial charge on any atom is -0.493 e. The van der Waals surface area contributed by atoms with E-state index in [1.165, 1.54) is 17.7 Å². The Morgan fingerprint density at radius 3 is 2.83 bits per heavy atom. The molecule has 3 rings (SSSR count). The largest absolute Gasteiger partial charge is 0.493 e. The van der Waals surface area contributed by atoms with Crippen molar-refractivity contribution in [2.75, 3.05) is 20.2 Å². The van der Waals surface area contributed by atoms with E-state index in [0.29, 0.717) is 0 Å². The van der Waals surface area contributed by atoms with Crippen LogP contribution in [0.15, 0.2) is 18.2 Å². The summed E-state index contributed by atoms with van der Waals surface area (Å²) in [5.41, 5.74) is 4.68. The predicted octanol–water partition coefficient (Wildman–Crippen LogP) is 3.64. The molecule has 24 heavy (non-hydrogen) atoms. The fourth-order valence-electron chi connectivity index (χ4n) is 3.27. The third-order valence-corrected chi connectivity index (χ3v) is 4.35. The molecule has 1 N–H and O–H groups in total. The zero-order valence-corrected chi connectivity index (χ0v) is 15.1. The van der Waals surface area contributed by atoms with Crippen LogP contribution in [-0.2, 0) is 13.0 Å². The standard InChI is InChI=1S/C19H27N3O2/c1-5-9-22-10-8-16-15(12-22)19(21-20-16)14-6-7-17(23-4)18(11-14)24-13(2)3/h6-7,11,13H,5,8-10,12H2,1-4H3,(H,20,21). The number of nitrogens with one attached hydrogen (secondary N) is 1. The van der Waals surface area contributed by atoms with Crippen molar-refractivity contribution in [3.8, 4) is 22.8 Å². The lowest BCUT2D eigenvalue weighted by Crippen LogP contribution is -2.31. The maximum absolute atomic E-state index is 5.91. The average molecular weight is 329 g/mol. The summed E-state index contributed by atoms with van der Waals surface area (Å²) in [6.07, 6.45) is 2.31. The Bertz CT molecular complexity index is 694. The van der Waals surface area contributed by atoms with Crippen LogP contribution in [0.5, 0.6) is 11.5 Å². The van der Waals surface area contributed by atoms with E-state index >= 15 is 0 Å². The summed E-state index contributed by atoms with van der Waals surface area (Å²) in [5.74, 6) is 1.52. The van der Waals surface area contributed by atoms with E-state index in [4.69, 9.17) is 9.47 Å². The number of hydrogen-bond acceptors (Lipinski definition) is 4. The maximum Gasteiger partial charge on any atom is 0.162 e. The van der Waals surface area contributed by atoms with Gasteiger partial charge in [-0.2, -0.15) is 5.10 Å². The number of nitrogens with zero attached hydrogens (tertiary/aromatic N) is 2. The zero-order chi connectivity index (χ0) is 17.1. The molecule has 5 nitrogen and oxygen atoms in total. The van der Waals surface area contributed by atoms with Crippen molar-refractivity contribution >= 4 is 0 Å². The molecule has 0 bridgehead atoms. The van der Waals surface area contributed by atoms with E-state index in [1.807, 2.05) is 26.0 Å². The zero-order valence-electron chi connectivity index (χ0n) is 15.1. The topological polar surface area (TPSA) is 50.4 Å². The summed E-state index contributed by atoms with van der Waals surface area (Å²) in [6, 6.07) is 6.05. The Morgan fingerprint density at radius 1 is 1.29 bits per heavy atom. The number of aromatic nitrogens is 2. The molecule has 0 amide bonds. The van der Waals surface area contributed by atoms with Gasteiger partial charge in [0.05, 0.1) is 18.9 Å². The molecule has 1 aliphatic heterocycles. The third kappa shape index (κ3) is 3.41. The van der Waals surface area contributed by atoms with Gasteiger partial charge in [-0.15, -0.1) is 0 Å². The van der Waals surface area contributed by atoms with Gasteiger partial charge in [-0.25, -0.2) is 0 Å². The molecule has 5 heteroatoms. The van der Waals surface area contributed by atoms with Crippen LogP contribution in [-0.4, -0.2) is 41.4 Å². The summed E-state index contributed by atoms with van der Waals surface area (Å²) >= 11 is 0. The number of hydrogen-bond donors (Lipinski definition) is 1. The molecule has 0 fully saturated rings. The summed E-state index contributed by atoms with van der Waals surface area (Å²) in [4.78, 5) is 2.50. The molecule has 1 aromatic carbocycles. The smallest absolute Gasteiger partial charge is 0.162 e. The molecule has 130 valence electrons. The van der Waals surface area contributed by atoms with Gasteiger partial charge in [0.25, 0.3) is 0 Å². The van der Waals surface area contributed by atoms with Crippen molar-refractivity contribution in [3.63, 3.8) is 0 Å². The second kappa shape index (κ2) is 7.26. The molecule has 2 heterocycles. The van der Waals surface area contributed by atoms with Crippen LogP contribution in [0.25, 0.3) is 11.3 Å². The Labute approximate surface area is 144 Å². The van der Waals surface area contributed by atoms with E-state index in [-0.39, 0.29) is 6.10 Å². The van der Waals surface area contributed by atoms with Crippen molar-refractivity contribution < 1.29 is 9.47 Å². The summed E-state index contributed by atoms with van der Waals surface area (Å²) in [6.45, 7) is 9.46. The van der Waals surface area contributed by atoms with Crippen LogP contribution in [0.2, 0.25) is 0 Å². The molecule has 0 aliphatic carbocycles. The molecule has 2 aromatic rings. The number of benzene rings is 1. The number of H-pyrrole nitrogens is 1. The van der Waals surface area contributed by atoms with Crippen LogP contribution in [0.4, 0.5) is 0 Å². The number of aromatic amines is 1. The number of fused-ring (bicyclic) bond motifs is 1. The van der Waals surface area contributed by atoms with Gasteiger partial charge in [-0.1, -0.05) is 6.92 Å². The SMILES string of the molecule is CCCN1CCc2[nH]nc(-c3ccc(OC)c(OC(C)C)c3)c2C1. The first-order valence-electron chi connectivity index (χ1n) is 8.76. The van der Waals surface area contributed by atoms with E-state index in [9.17, 15) is 0 Å². The quantitative estimate of drug-likeness (QED) is 0.879. The van der Waals surface area contributed by atoms with Gasteiger partial charge in [-0.05, 0) is 45.0 Å². The van der Waals surface area contributed by atoms with Gasteiger partial charge in [0.1, 0.15) is 0 Å². The Morgan fingerprint density at radius 2 is 2.12 bits per heavy atom. The lowest BCUT2D eigenvalue weighted by atomic mass is 10.0. The Kier molecular flexibility index (Phi) is 5.09. The number of ether oxygens (including phenoxy) is 2. The van der Waals surface area contributed by atoms with Crippen molar-refractivity contribution in [3.05, 3.63) is 29.5 Å². The van der Waals surface area contributed by atoms with Crippen LogP contribution in [0, 0.1) is 0 Å². The first kappa shape index (κ1) is 16.8. The minimum absolute atomic E-state index is 0.0993. The molecule has 1 aromatic heterocycles. The lowest BCUT2D eigenvalue weighted by Gasteiger charge is -2.26. The highest BCUT2D eigenvalue weighted by Gasteiger charge is 2.23. The van der Waals surface area contributed by atoms with E-state index < -0.39 is 0 Å². The van der Waals surface area contributed by atoms with Crippen LogP contribution < -0.4 is 9.47 Å². The lowest BCUT2D eigenvalue weighted by molar-refractivity contribution is 0.230. The van der Waals surface area contributed by atoms with Crippen molar-refractivity contribution in [1.82, 2.24) is 15.1 Å². The van der Waals surface area contributed by atoms with Crippen LogP contribution in [0.1, 0.15) is 38.4 Å². The van der Waals surface area contributed by atoms with Gasteiger partial charge in [0.15, 0.2) is 11.5 Å². The van der Waals surface area contributed by atoms with E-state index in [2.05, 4.69) is 28.1 Å². The highest BCUT2D eigenvalue weighted by Crippen LogP contribution is 2.35. The molecular formula is C19H27N3O2. The highest BCUT2D eigenvalue weighted by molar-refractivity contribution is 5.68. The molecule has 0 saturated carbocycles. The molecule has 0 radical (unpaired) electrons. The third-order valence-electron chi connectivity index (χ3n) is 4.35. The first-order valence-corrected chi connectivity index (χ1v) is 8.76. The van der Waals surface area contributed by atoms with Crippen LogP contribution in [0.3, 0.4) is 0 Å². The highest BCUT2D eigenvalue weighted by atomic mass is 16.5. The number of methoxy groups -OCH3 is 1. The average Bonchev–Trinajstić information content (AvgIpc) is 2.98. The van der Waals surface area contributed by atoms with Crippen molar-refractivity contribution in [1.29, 1.82) is 0 Å². The maximum atomic E-state index is 5.91. The van der Waals surface area contributed by atoms with Gasteiger partial charge >= 0.3 is 0 Å². The van der Waals surface area contributed by atoms with Crippen LogP contribution >= 0.6 is 0 Å².